The van der Waals surface area contributed by atoms with Crippen LogP contribution in [-0.4, -0.2) is 29.5 Å². The van der Waals surface area contributed by atoms with Crippen molar-refractivity contribution in [1.29, 1.82) is 0 Å². The first-order chi connectivity index (χ1) is 11.6. The Morgan fingerprint density at radius 2 is 1.28 bits per heavy atom. The number of hydrogen-bond donors (Lipinski definition) is 1. The van der Waals surface area contributed by atoms with Crippen LogP contribution in [-0.2, 0) is 24.3 Å². The highest BCUT2D eigenvalue weighted by Gasteiger charge is 2.21. The van der Waals surface area contributed by atoms with E-state index in [1.165, 1.54) is 31.2 Å². The van der Waals surface area contributed by atoms with Crippen molar-refractivity contribution in [3.63, 3.8) is 0 Å². The van der Waals surface area contributed by atoms with Gasteiger partial charge in [-0.1, -0.05) is 35.4 Å². The van der Waals surface area contributed by atoms with Gasteiger partial charge in [0.05, 0.1) is 16.4 Å². The van der Waals surface area contributed by atoms with Crippen molar-refractivity contribution in [2.75, 3.05) is 6.61 Å². The summed E-state index contributed by atoms with van der Waals surface area (Å²) in [5, 5.41) is 0. The van der Waals surface area contributed by atoms with Gasteiger partial charge in [-0.15, -0.1) is 0 Å². The summed E-state index contributed by atoms with van der Waals surface area (Å²) < 4.78 is 56.2. The van der Waals surface area contributed by atoms with Crippen LogP contribution in [0.25, 0.3) is 0 Å². The first kappa shape index (κ1) is 19.6. The predicted molar refractivity (Wildman–Crippen MR) is 95.3 cm³/mol. The molecule has 0 fully saturated rings. The van der Waals surface area contributed by atoms with Crippen molar-refractivity contribution >= 4 is 20.1 Å². The smallest absolute Gasteiger partial charge is 0.265 e. The Kier molecular flexibility index (Phi) is 5.99. The molecule has 0 saturated carbocycles. The lowest BCUT2D eigenvalue weighted by molar-refractivity contribution is 0.290. The molecule has 2 aromatic rings. The summed E-state index contributed by atoms with van der Waals surface area (Å²) in [7, 11) is -7.67. The van der Waals surface area contributed by atoms with E-state index in [2.05, 4.69) is 4.72 Å². The van der Waals surface area contributed by atoms with E-state index in [1.807, 2.05) is 13.8 Å². The molecule has 1 N–H and O–H groups in total. The van der Waals surface area contributed by atoms with E-state index in [0.29, 0.717) is 0 Å². The standard InChI is InChI=1S/C17H21NO5S2/c1-13-4-8-16(9-5-13)24(19,20)18-15(3)12-23-25(21,22)17-10-6-14(2)7-11-17/h4-11,15,18H,12H2,1-3H3/t15-/m0/s1. The molecule has 0 heterocycles. The fourth-order valence-corrected chi connectivity index (χ4v) is 4.27. The third kappa shape index (κ3) is 5.37. The predicted octanol–water partition coefficient (Wildman–Crippen LogP) is 2.38. The third-order valence-electron chi connectivity index (χ3n) is 3.47. The maximum absolute atomic E-state index is 12.3. The maximum atomic E-state index is 12.3. The van der Waals surface area contributed by atoms with Crippen molar-refractivity contribution in [1.82, 2.24) is 4.72 Å². The topological polar surface area (TPSA) is 89.5 Å². The molecule has 1 atom stereocenters. The molecule has 0 radical (unpaired) electrons. The summed E-state index contributed by atoms with van der Waals surface area (Å²) in [5.74, 6) is 0. The van der Waals surface area contributed by atoms with Crippen molar-refractivity contribution in [3.05, 3.63) is 59.7 Å². The van der Waals surface area contributed by atoms with Crippen molar-refractivity contribution in [3.8, 4) is 0 Å². The van der Waals surface area contributed by atoms with Crippen molar-refractivity contribution in [2.24, 2.45) is 0 Å². The molecular weight excluding hydrogens is 362 g/mol. The van der Waals surface area contributed by atoms with Gasteiger partial charge in [-0.3, -0.25) is 4.18 Å². The van der Waals surface area contributed by atoms with Crippen LogP contribution in [0.15, 0.2) is 58.3 Å². The molecule has 0 saturated heterocycles. The van der Waals surface area contributed by atoms with E-state index >= 15 is 0 Å². The lowest BCUT2D eigenvalue weighted by Gasteiger charge is -2.14. The second kappa shape index (κ2) is 7.65. The average molecular weight is 383 g/mol. The van der Waals surface area contributed by atoms with Gasteiger partial charge in [-0.05, 0) is 45.0 Å². The number of sulfonamides is 1. The largest absolute Gasteiger partial charge is 0.297 e. The average Bonchev–Trinajstić information content (AvgIpc) is 2.53. The van der Waals surface area contributed by atoms with Gasteiger partial charge >= 0.3 is 0 Å². The summed E-state index contributed by atoms with van der Waals surface area (Å²) in [6.45, 7) is 4.94. The van der Waals surface area contributed by atoms with Crippen molar-refractivity contribution in [2.45, 2.75) is 36.6 Å². The lowest BCUT2D eigenvalue weighted by Crippen LogP contribution is -2.36. The second-order valence-corrected chi connectivity index (χ2v) is 9.22. The van der Waals surface area contributed by atoms with Gasteiger partial charge in [0.25, 0.3) is 10.1 Å². The Bertz CT molecular complexity index is 918. The maximum Gasteiger partial charge on any atom is 0.297 e. The third-order valence-corrected chi connectivity index (χ3v) is 6.37. The van der Waals surface area contributed by atoms with E-state index in [0.717, 1.165) is 11.1 Å². The Morgan fingerprint density at radius 3 is 1.76 bits per heavy atom. The molecule has 0 spiro atoms. The molecule has 2 rings (SSSR count). The molecule has 0 aromatic heterocycles. The van der Waals surface area contributed by atoms with Gasteiger partial charge in [0.1, 0.15) is 0 Å². The highest BCUT2D eigenvalue weighted by molar-refractivity contribution is 7.89. The first-order valence-corrected chi connectivity index (χ1v) is 10.5. The Balaban J connectivity index is 2.01. The Labute approximate surface area is 149 Å². The number of hydrogen-bond acceptors (Lipinski definition) is 5. The highest BCUT2D eigenvalue weighted by Crippen LogP contribution is 2.14. The summed E-state index contributed by atoms with van der Waals surface area (Å²) in [6, 6.07) is 11.9. The van der Waals surface area contributed by atoms with Gasteiger partial charge in [-0.2, -0.15) is 8.42 Å². The summed E-state index contributed by atoms with van der Waals surface area (Å²) >= 11 is 0. The zero-order valence-electron chi connectivity index (χ0n) is 14.3. The molecule has 8 heteroatoms. The zero-order chi connectivity index (χ0) is 18.7. The minimum Gasteiger partial charge on any atom is -0.265 e. The first-order valence-electron chi connectivity index (χ1n) is 7.65. The number of aryl methyl sites for hydroxylation is 2. The van der Waals surface area contributed by atoms with E-state index in [4.69, 9.17) is 4.18 Å². The highest BCUT2D eigenvalue weighted by atomic mass is 32.2. The second-order valence-electron chi connectivity index (χ2n) is 5.89. The Morgan fingerprint density at radius 1 is 0.840 bits per heavy atom. The molecule has 0 aliphatic heterocycles. The van der Waals surface area contributed by atoms with E-state index in [9.17, 15) is 16.8 Å². The van der Waals surface area contributed by atoms with Crippen LogP contribution in [0, 0.1) is 13.8 Å². The normalized spacial score (nSPS) is 13.6. The van der Waals surface area contributed by atoms with Gasteiger partial charge in [0.15, 0.2) is 0 Å². The van der Waals surface area contributed by atoms with Gasteiger partial charge < -0.3 is 0 Å². The van der Waals surface area contributed by atoms with Gasteiger partial charge in [0.2, 0.25) is 10.0 Å². The quantitative estimate of drug-likeness (QED) is 0.742. The number of benzene rings is 2. The molecule has 136 valence electrons. The number of rotatable bonds is 7. The van der Waals surface area contributed by atoms with E-state index < -0.39 is 26.2 Å². The lowest BCUT2D eigenvalue weighted by atomic mass is 10.2. The molecular formula is C17H21NO5S2. The molecule has 0 aliphatic rings. The van der Waals surface area contributed by atoms with E-state index in [1.54, 1.807) is 24.3 Å². The van der Waals surface area contributed by atoms with Crippen LogP contribution in [0.4, 0.5) is 0 Å². The molecule has 0 bridgehead atoms. The van der Waals surface area contributed by atoms with Crippen LogP contribution in [0.1, 0.15) is 18.1 Å². The minimum atomic E-state index is -3.93. The molecule has 2 aromatic carbocycles. The Hall–Kier alpha value is -1.74. The minimum absolute atomic E-state index is 0.0340. The van der Waals surface area contributed by atoms with Gasteiger partial charge in [0, 0.05) is 6.04 Å². The molecule has 6 nitrogen and oxygen atoms in total. The fourth-order valence-electron chi connectivity index (χ4n) is 2.05. The molecule has 25 heavy (non-hydrogen) atoms. The molecule has 0 amide bonds. The molecule has 0 aliphatic carbocycles. The summed E-state index contributed by atoms with van der Waals surface area (Å²) in [6.07, 6.45) is 0. The van der Waals surface area contributed by atoms with Gasteiger partial charge in [-0.25, -0.2) is 13.1 Å². The number of nitrogens with one attached hydrogen (secondary N) is 1. The monoisotopic (exact) mass is 383 g/mol. The van der Waals surface area contributed by atoms with Crippen LogP contribution in [0.3, 0.4) is 0 Å². The summed E-state index contributed by atoms with van der Waals surface area (Å²) in [5.41, 5.74) is 1.87. The van der Waals surface area contributed by atoms with Crippen LogP contribution in [0.5, 0.6) is 0 Å². The zero-order valence-corrected chi connectivity index (χ0v) is 15.9. The fraction of sp³-hybridized carbons (Fsp3) is 0.294. The SMILES string of the molecule is Cc1ccc(S(=O)(=O)N[C@@H](C)COS(=O)(=O)c2ccc(C)cc2)cc1. The summed E-state index contributed by atoms with van der Waals surface area (Å²) in [4.78, 5) is 0.151. The van der Waals surface area contributed by atoms with Crippen LogP contribution in [0.2, 0.25) is 0 Å². The van der Waals surface area contributed by atoms with E-state index in [-0.39, 0.29) is 16.4 Å². The van der Waals surface area contributed by atoms with Crippen LogP contribution >= 0.6 is 0 Å². The van der Waals surface area contributed by atoms with Crippen molar-refractivity contribution < 1.29 is 21.0 Å². The molecule has 0 unspecified atom stereocenters. The van der Waals surface area contributed by atoms with Crippen LogP contribution < -0.4 is 4.72 Å².